The molecule has 0 aliphatic carbocycles. The Morgan fingerprint density at radius 3 is 2.93 bits per heavy atom. The zero-order chi connectivity index (χ0) is 10.6. The maximum atomic E-state index is 4.28. The van der Waals surface area contributed by atoms with E-state index in [-0.39, 0.29) is 0 Å². The first kappa shape index (κ1) is 11.9. The van der Waals surface area contributed by atoms with Crippen LogP contribution in [0.1, 0.15) is 12.5 Å². The maximum absolute atomic E-state index is 4.28. The number of hydrogen-bond acceptors (Lipinski definition) is 3. The Kier molecular flexibility index (Phi) is 4.75. The zero-order valence-corrected chi connectivity index (χ0v) is 11.1. The van der Waals surface area contributed by atoms with Crippen LogP contribution in [-0.4, -0.2) is 23.0 Å². The van der Waals surface area contributed by atoms with E-state index in [1.165, 1.54) is 5.56 Å². The van der Waals surface area contributed by atoms with E-state index in [4.69, 9.17) is 0 Å². The SMILES string of the molecule is CSC(C)CNc1cc(C)c(Br)cn1. The zero-order valence-electron chi connectivity index (χ0n) is 8.67. The Bertz CT molecular complexity index is 304. The van der Waals surface area contributed by atoms with Gasteiger partial charge in [0.05, 0.1) is 0 Å². The van der Waals surface area contributed by atoms with Crippen molar-refractivity contribution in [3.63, 3.8) is 0 Å². The number of aromatic nitrogens is 1. The fourth-order valence-electron chi connectivity index (χ4n) is 0.968. The van der Waals surface area contributed by atoms with Crippen molar-refractivity contribution in [2.24, 2.45) is 0 Å². The predicted octanol–water partition coefficient (Wildman–Crippen LogP) is 3.32. The van der Waals surface area contributed by atoms with Crippen molar-refractivity contribution < 1.29 is 0 Å². The third-order valence-electron chi connectivity index (χ3n) is 2.02. The van der Waals surface area contributed by atoms with Gasteiger partial charge in [-0.1, -0.05) is 6.92 Å². The fourth-order valence-corrected chi connectivity index (χ4v) is 1.43. The van der Waals surface area contributed by atoms with Gasteiger partial charge >= 0.3 is 0 Å². The lowest BCUT2D eigenvalue weighted by molar-refractivity contribution is 0.990. The molecule has 0 fully saturated rings. The second-order valence-electron chi connectivity index (χ2n) is 3.25. The lowest BCUT2D eigenvalue weighted by Gasteiger charge is -2.10. The topological polar surface area (TPSA) is 24.9 Å². The van der Waals surface area contributed by atoms with Gasteiger partial charge in [-0.05, 0) is 40.7 Å². The molecular formula is C10H15BrN2S. The molecule has 0 amide bonds. The number of halogens is 1. The number of thioether (sulfide) groups is 1. The summed E-state index contributed by atoms with van der Waals surface area (Å²) in [6.45, 7) is 5.22. The predicted molar refractivity (Wildman–Crippen MR) is 68.1 cm³/mol. The number of pyridine rings is 1. The van der Waals surface area contributed by atoms with Gasteiger partial charge in [-0.3, -0.25) is 0 Å². The third-order valence-corrected chi connectivity index (χ3v) is 3.82. The summed E-state index contributed by atoms with van der Waals surface area (Å²) in [6.07, 6.45) is 3.95. The Labute approximate surface area is 98.0 Å². The monoisotopic (exact) mass is 274 g/mol. The molecule has 0 saturated heterocycles. The van der Waals surface area contributed by atoms with Crippen molar-refractivity contribution in [1.29, 1.82) is 0 Å². The first-order valence-corrected chi connectivity index (χ1v) is 6.60. The molecule has 0 radical (unpaired) electrons. The van der Waals surface area contributed by atoms with E-state index >= 15 is 0 Å². The van der Waals surface area contributed by atoms with Gasteiger partial charge < -0.3 is 5.32 Å². The van der Waals surface area contributed by atoms with Crippen molar-refractivity contribution in [2.45, 2.75) is 19.1 Å². The molecule has 0 saturated carbocycles. The Hall–Kier alpha value is -0.220. The quantitative estimate of drug-likeness (QED) is 0.912. The summed E-state index contributed by atoms with van der Waals surface area (Å²) in [5.74, 6) is 0.951. The van der Waals surface area contributed by atoms with Crippen LogP contribution in [0.15, 0.2) is 16.7 Å². The second kappa shape index (κ2) is 5.61. The van der Waals surface area contributed by atoms with Crippen LogP contribution < -0.4 is 5.32 Å². The highest BCUT2D eigenvalue weighted by Gasteiger charge is 2.01. The minimum atomic E-state index is 0.612. The van der Waals surface area contributed by atoms with Gasteiger partial charge in [-0.15, -0.1) is 0 Å². The Morgan fingerprint density at radius 2 is 2.36 bits per heavy atom. The smallest absolute Gasteiger partial charge is 0.126 e. The molecule has 1 aromatic rings. The van der Waals surface area contributed by atoms with Crippen molar-refractivity contribution in [3.8, 4) is 0 Å². The first-order chi connectivity index (χ1) is 6.63. The molecule has 2 nitrogen and oxygen atoms in total. The molecular weight excluding hydrogens is 260 g/mol. The third kappa shape index (κ3) is 3.50. The summed E-state index contributed by atoms with van der Waals surface area (Å²) >= 11 is 5.28. The molecule has 1 atom stereocenters. The molecule has 0 spiro atoms. The van der Waals surface area contributed by atoms with E-state index < -0.39 is 0 Å². The highest BCUT2D eigenvalue weighted by atomic mass is 79.9. The van der Waals surface area contributed by atoms with Crippen LogP contribution in [0.5, 0.6) is 0 Å². The van der Waals surface area contributed by atoms with Gasteiger partial charge in [-0.2, -0.15) is 11.8 Å². The van der Waals surface area contributed by atoms with E-state index in [1.807, 2.05) is 18.0 Å². The van der Waals surface area contributed by atoms with E-state index in [2.05, 4.69) is 52.4 Å². The maximum Gasteiger partial charge on any atom is 0.126 e. The lowest BCUT2D eigenvalue weighted by Crippen LogP contribution is -2.13. The van der Waals surface area contributed by atoms with Crippen LogP contribution in [0.25, 0.3) is 0 Å². The highest BCUT2D eigenvalue weighted by molar-refractivity contribution is 9.10. The average molecular weight is 275 g/mol. The number of nitrogens with one attached hydrogen (secondary N) is 1. The molecule has 1 rings (SSSR count). The molecule has 14 heavy (non-hydrogen) atoms. The number of anilines is 1. The molecule has 1 aromatic heterocycles. The Morgan fingerprint density at radius 1 is 1.64 bits per heavy atom. The van der Waals surface area contributed by atoms with Crippen LogP contribution in [0.4, 0.5) is 5.82 Å². The van der Waals surface area contributed by atoms with Crippen LogP contribution in [0, 0.1) is 6.92 Å². The number of rotatable bonds is 4. The van der Waals surface area contributed by atoms with E-state index in [0.29, 0.717) is 5.25 Å². The molecule has 0 aromatic carbocycles. The molecule has 0 bridgehead atoms. The summed E-state index contributed by atoms with van der Waals surface area (Å²) in [6, 6.07) is 2.05. The second-order valence-corrected chi connectivity index (χ2v) is 5.38. The average Bonchev–Trinajstić information content (AvgIpc) is 2.19. The van der Waals surface area contributed by atoms with Crippen LogP contribution >= 0.6 is 27.7 Å². The minimum absolute atomic E-state index is 0.612. The summed E-state index contributed by atoms with van der Waals surface area (Å²) < 4.78 is 1.06. The lowest BCUT2D eigenvalue weighted by atomic mass is 10.3. The Balaban J connectivity index is 2.55. The first-order valence-electron chi connectivity index (χ1n) is 4.52. The molecule has 78 valence electrons. The molecule has 0 aliphatic heterocycles. The summed E-state index contributed by atoms with van der Waals surface area (Å²) in [7, 11) is 0. The minimum Gasteiger partial charge on any atom is -0.369 e. The molecule has 1 N–H and O–H groups in total. The van der Waals surface area contributed by atoms with Gasteiger partial charge in [0.25, 0.3) is 0 Å². The summed E-state index contributed by atoms with van der Waals surface area (Å²) in [5.41, 5.74) is 1.21. The van der Waals surface area contributed by atoms with Crippen LogP contribution in [0.2, 0.25) is 0 Å². The fraction of sp³-hybridized carbons (Fsp3) is 0.500. The number of aryl methyl sites for hydroxylation is 1. The van der Waals surface area contributed by atoms with Crippen molar-refractivity contribution in [2.75, 3.05) is 18.1 Å². The van der Waals surface area contributed by atoms with E-state index in [0.717, 1.165) is 16.8 Å². The van der Waals surface area contributed by atoms with Gasteiger partial charge in [-0.25, -0.2) is 4.98 Å². The summed E-state index contributed by atoms with van der Waals surface area (Å²) in [4.78, 5) is 4.28. The van der Waals surface area contributed by atoms with Gasteiger partial charge in [0.2, 0.25) is 0 Å². The van der Waals surface area contributed by atoms with Crippen molar-refractivity contribution >= 4 is 33.5 Å². The molecule has 0 aliphatic rings. The van der Waals surface area contributed by atoms with Gasteiger partial charge in [0, 0.05) is 22.5 Å². The normalized spacial score (nSPS) is 12.6. The molecule has 1 heterocycles. The standard InChI is InChI=1S/C10H15BrN2S/c1-7-4-10(13-6-9(7)11)12-5-8(2)14-3/h4,6,8H,5H2,1-3H3,(H,12,13). The summed E-state index contributed by atoms with van der Waals surface area (Å²) in [5, 5.41) is 3.92. The number of nitrogens with zero attached hydrogens (tertiary/aromatic N) is 1. The van der Waals surface area contributed by atoms with Gasteiger partial charge in [0.15, 0.2) is 0 Å². The molecule has 1 unspecified atom stereocenters. The van der Waals surface area contributed by atoms with Crippen LogP contribution in [-0.2, 0) is 0 Å². The number of hydrogen-bond donors (Lipinski definition) is 1. The van der Waals surface area contributed by atoms with E-state index in [1.54, 1.807) is 0 Å². The van der Waals surface area contributed by atoms with Crippen molar-refractivity contribution in [1.82, 2.24) is 4.98 Å². The largest absolute Gasteiger partial charge is 0.369 e. The van der Waals surface area contributed by atoms with E-state index in [9.17, 15) is 0 Å². The highest BCUT2D eigenvalue weighted by Crippen LogP contribution is 2.17. The van der Waals surface area contributed by atoms with Crippen molar-refractivity contribution in [3.05, 3.63) is 22.3 Å². The van der Waals surface area contributed by atoms with Gasteiger partial charge in [0.1, 0.15) is 5.82 Å². The van der Waals surface area contributed by atoms with Crippen LogP contribution in [0.3, 0.4) is 0 Å². The molecule has 4 heteroatoms.